The zero-order valence-corrected chi connectivity index (χ0v) is 17.2. The van der Waals surface area contributed by atoms with Gasteiger partial charge in [0.05, 0.1) is 33.4 Å². The summed E-state index contributed by atoms with van der Waals surface area (Å²) < 4.78 is 43.7. The van der Waals surface area contributed by atoms with E-state index in [1.54, 1.807) is 17.5 Å². The van der Waals surface area contributed by atoms with Gasteiger partial charge in [-0.3, -0.25) is 9.59 Å². The maximum atomic E-state index is 12.8. The number of thioether (sulfide) groups is 1. The highest BCUT2D eigenvalue weighted by molar-refractivity contribution is 7.99. The summed E-state index contributed by atoms with van der Waals surface area (Å²) in [5.74, 6) is -0.944. The molecule has 0 aliphatic heterocycles. The Hall–Kier alpha value is -2.57. The van der Waals surface area contributed by atoms with Gasteiger partial charge in [-0.1, -0.05) is 29.4 Å². The number of hydrogen-bond acceptors (Lipinski definition) is 7. The molecule has 0 bridgehead atoms. The van der Waals surface area contributed by atoms with Crippen LogP contribution in [0.1, 0.15) is 21.1 Å². The lowest BCUT2D eigenvalue weighted by atomic mass is 10.2. The third-order valence-electron chi connectivity index (χ3n) is 3.49. The van der Waals surface area contributed by atoms with Crippen molar-refractivity contribution in [2.75, 3.05) is 11.1 Å². The molecule has 2 N–H and O–H groups in total. The van der Waals surface area contributed by atoms with E-state index in [2.05, 4.69) is 20.8 Å². The van der Waals surface area contributed by atoms with Crippen molar-refractivity contribution in [2.24, 2.45) is 0 Å². The number of carbonyl (C=O) groups is 2. The SMILES string of the molecule is O=C(CSc1nnc(CNC(=O)c2cccs2)o1)Nc1cc(C(F)(F)F)ccc1Cl. The Labute approximate surface area is 181 Å². The van der Waals surface area contributed by atoms with E-state index < -0.39 is 17.6 Å². The van der Waals surface area contributed by atoms with Gasteiger partial charge in [0, 0.05) is 0 Å². The number of hydrogen-bond donors (Lipinski definition) is 2. The van der Waals surface area contributed by atoms with Gasteiger partial charge in [0.1, 0.15) is 0 Å². The lowest BCUT2D eigenvalue weighted by molar-refractivity contribution is -0.137. The summed E-state index contributed by atoms with van der Waals surface area (Å²) in [7, 11) is 0. The number of carbonyl (C=O) groups excluding carboxylic acids is 2. The molecule has 0 fully saturated rings. The van der Waals surface area contributed by atoms with Crippen molar-refractivity contribution >= 4 is 52.2 Å². The fraction of sp³-hybridized carbons (Fsp3) is 0.176. The van der Waals surface area contributed by atoms with Crippen LogP contribution >= 0.6 is 34.7 Å². The molecule has 0 aliphatic rings. The number of rotatable bonds is 7. The Bertz CT molecular complexity index is 1040. The second-order valence-electron chi connectivity index (χ2n) is 5.65. The van der Waals surface area contributed by atoms with Gasteiger partial charge in [0.25, 0.3) is 11.1 Å². The Morgan fingerprint density at radius 3 is 2.73 bits per heavy atom. The standard InChI is InChI=1S/C17H12ClF3N4O3S2/c18-10-4-3-9(17(19,20)21)6-11(10)23-13(26)8-30-16-25-24-14(28-16)7-22-15(27)12-2-1-5-29-12/h1-6H,7-8H2,(H,22,27)(H,23,26). The van der Waals surface area contributed by atoms with Crippen molar-refractivity contribution in [3.8, 4) is 0 Å². The minimum atomic E-state index is -4.56. The molecule has 7 nitrogen and oxygen atoms in total. The predicted molar refractivity (Wildman–Crippen MR) is 106 cm³/mol. The number of halogens is 4. The third kappa shape index (κ3) is 5.97. The molecule has 1 aromatic carbocycles. The fourth-order valence-corrected chi connectivity index (χ4v) is 3.52. The Balaban J connectivity index is 1.50. The van der Waals surface area contributed by atoms with Gasteiger partial charge in [-0.15, -0.1) is 21.5 Å². The van der Waals surface area contributed by atoms with Crippen LogP contribution in [0.15, 0.2) is 45.4 Å². The van der Waals surface area contributed by atoms with Crippen LogP contribution in [0.5, 0.6) is 0 Å². The van der Waals surface area contributed by atoms with Crippen LogP contribution in [0.2, 0.25) is 5.02 Å². The summed E-state index contributed by atoms with van der Waals surface area (Å²) >= 11 is 8.02. The smallest absolute Gasteiger partial charge is 0.414 e. The summed E-state index contributed by atoms with van der Waals surface area (Å²) in [6, 6.07) is 6.06. The molecule has 0 atom stereocenters. The first-order valence-corrected chi connectivity index (χ1v) is 10.4. The number of aromatic nitrogens is 2. The van der Waals surface area contributed by atoms with Gasteiger partial charge in [-0.25, -0.2) is 0 Å². The maximum Gasteiger partial charge on any atom is 0.416 e. The highest BCUT2D eigenvalue weighted by Crippen LogP contribution is 2.34. The number of anilines is 1. The average Bonchev–Trinajstić information content (AvgIpc) is 3.37. The van der Waals surface area contributed by atoms with E-state index in [0.29, 0.717) is 4.88 Å². The van der Waals surface area contributed by atoms with Gasteiger partial charge >= 0.3 is 6.18 Å². The third-order valence-corrected chi connectivity index (χ3v) is 5.50. The maximum absolute atomic E-state index is 12.8. The molecule has 3 rings (SSSR count). The molecule has 2 amide bonds. The summed E-state index contributed by atoms with van der Waals surface area (Å²) in [6.07, 6.45) is -4.56. The van der Waals surface area contributed by atoms with Crippen molar-refractivity contribution in [2.45, 2.75) is 17.9 Å². The molecular weight excluding hydrogens is 465 g/mol. The first-order chi connectivity index (χ1) is 14.2. The molecule has 0 saturated carbocycles. The first-order valence-electron chi connectivity index (χ1n) is 8.16. The molecule has 158 valence electrons. The van der Waals surface area contributed by atoms with Crippen molar-refractivity contribution in [1.82, 2.24) is 15.5 Å². The molecule has 0 aliphatic carbocycles. The first kappa shape index (κ1) is 22.1. The van der Waals surface area contributed by atoms with E-state index in [4.69, 9.17) is 16.0 Å². The van der Waals surface area contributed by atoms with Crippen LogP contribution in [-0.4, -0.2) is 27.8 Å². The lowest BCUT2D eigenvalue weighted by Gasteiger charge is -2.11. The summed E-state index contributed by atoms with van der Waals surface area (Å²) in [4.78, 5) is 24.4. The fourth-order valence-electron chi connectivity index (χ4n) is 2.13. The minimum absolute atomic E-state index is 0.0103. The molecule has 30 heavy (non-hydrogen) atoms. The highest BCUT2D eigenvalue weighted by Gasteiger charge is 2.31. The number of nitrogens with zero attached hydrogens (tertiary/aromatic N) is 2. The van der Waals surface area contributed by atoms with Crippen LogP contribution in [0.25, 0.3) is 0 Å². The molecule has 0 radical (unpaired) electrons. The van der Waals surface area contributed by atoms with Crippen LogP contribution < -0.4 is 10.6 Å². The molecule has 0 spiro atoms. The molecular formula is C17H12ClF3N4O3S2. The van der Waals surface area contributed by atoms with Gasteiger partial charge in [0.15, 0.2) is 0 Å². The van der Waals surface area contributed by atoms with E-state index in [1.807, 2.05) is 0 Å². The molecule has 3 aromatic rings. The van der Waals surface area contributed by atoms with Crippen molar-refractivity contribution < 1.29 is 27.2 Å². The van der Waals surface area contributed by atoms with E-state index >= 15 is 0 Å². The van der Waals surface area contributed by atoms with Crippen LogP contribution in [0.3, 0.4) is 0 Å². The van der Waals surface area contributed by atoms with Crippen LogP contribution in [0.4, 0.5) is 18.9 Å². The zero-order chi connectivity index (χ0) is 21.7. The Morgan fingerprint density at radius 1 is 1.23 bits per heavy atom. The summed E-state index contributed by atoms with van der Waals surface area (Å²) in [5, 5.41) is 14.3. The molecule has 0 unspecified atom stereocenters. The lowest BCUT2D eigenvalue weighted by Crippen LogP contribution is -2.21. The normalized spacial score (nSPS) is 11.3. The number of nitrogens with one attached hydrogen (secondary N) is 2. The minimum Gasteiger partial charge on any atom is -0.414 e. The van der Waals surface area contributed by atoms with Crippen LogP contribution in [0, 0.1) is 0 Å². The van der Waals surface area contributed by atoms with Crippen LogP contribution in [-0.2, 0) is 17.5 Å². The number of alkyl halides is 3. The van der Waals surface area contributed by atoms with Gasteiger partial charge in [-0.05, 0) is 29.6 Å². The van der Waals surface area contributed by atoms with Crippen molar-refractivity contribution in [3.05, 3.63) is 57.1 Å². The van der Waals surface area contributed by atoms with E-state index in [9.17, 15) is 22.8 Å². The van der Waals surface area contributed by atoms with E-state index in [0.717, 1.165) is 30.0 Å². The molecule has 0 saturated heterocycles. The Morgan fingerprint density at radius 2 is 2.03 bits per heavy atom. The van der Waals surface area contributed by atoms with Crippen molar-refractivity contribution in [1.29, 1.82) is 0 Å². The van der Waals surface area contributed by atoms with Gasteiger partial charge in [0.2, 0.25) is 11.8 Å². The highest BCUT2D eigenvalue weighted by atomic mass is 35.5. The monoisotopic (exact) mass is 476 g/mol. The second kappa shape index (κ2) is 9.49. The quantitative estimate of drug-likeness (QED) is 0.488. The second-order valence-corrected chi connectivity index (χ2v) is 7.93. The topological polar surface area (TPSA) is 97.1 Å². The van der Waals surface area contributed by atoms with E-state index in [-0.39, 0.29) is 40.0 Å². The largest absolute Gasteiger partial charge is 0.416 e. The predicted octanol–water partition coefficient (Wildman–Crippen LogP) is 4.46. The van der Waals surface area contributed by atoms with Gasteiger partial charge in [-0.2, -0.15) is 13.2 Å². The Kier molecular flexibility index (Phi) is 7.00. The van der Waals surface area contributed by atoms with Gasteiger partial charge < -0.3 is 15.1 Å². The van der Waals surface area contributed by atoms with E-state index in [1.165, 1.54) is 11.3 Å². The number of amides is 2. The van der Waals surface area contributed by atoms with Crippen molar-refractivity contribution in [3.63, 3.8) is 0 Å². The summed E-state index contributed by atoms with van der Waals surface area (Å²) in [5.41, 5.74) is -1.08. The number of benzene rings is 1. The average molecular weight is 477 g/mol. The molecule has 2 aromatic heterocycles. The molecule has 13 heteroatoms. The number of thiophene rings is 1. The molecule has 2 heterocycles. The summed E-state index contributed by atoms with van der Waals surface area (Å²) in [6.45, 7) is 0.0103. The zero-order valence-electron chi connectivity index (χ0n) is 14.8.